The van der Waals surface area contributed by atoms with Gasteiger partial charge in [0, 0.05) is 22.4 Å². The summed E-state index contributed by atoms with van der Waals surface area (Å²) in [6.45, 7) is 0. The van der Waals surface area contributed by atoms with Crippen molar-refractivity contribution in [2.24, 2.45) is 0 Å². The van der Waals surface area contributed by atoms with Crippen LogP contribution in [0.25, 0.3) is 22.3 Å². The van der Waals surface area contributed by atoms with E-state index in [2.05, 4.69) is 0 Å². The average Bonchev–Trinajstić information content (AvgIpc) is 2.62. The summed E-state index contributed by atoms with van der Waals surface area (Å²) in [6.07, 6.45) is 1.30. The highest BCUT2D eigenvalue weighted by Crippen LogP contribution is 2.36. The lowest BCUT2D eigenvalue weighted by Crippen LogP contribution is -2.04. The summed E-state index contributed by atoms with van der Waals surface area (Å²) in [5, 5.41) is 0. The van der Waals surface area contributed by atoms with Crippen LogP contribution >= 0.6 is 0 Å². The normalized spacial score (nSPS) is 10.3. The molecule has 0 bridgehead atoms. The summed E-state index contributed by atoms with van der Waals surface area (Å²) < 4.78 is 0. The van der Waals surface area contributed by atoms with Crippen molar-refractivity contribution < 1.29 is 9.59 Å². The van der Waals surface area contributed by atoms with Gasteiger partial charge < -0.3 is 11.5 Å². The molecule has 4 N–H and O–H groups in total. The number of nitrogen functional groups attached to an aromatic ring is 2. The van der Waals surface area contributed by atoms with Gasteiger partial charge in [-0.05, 0) is 34.9 Å². The fraction of sp³-hybridized carbons (Fsp3) is 0. The van der Waals surface area contributed by atoms with E-state index in [1.54, 1.807) is 12.1 Å². The maximum absolute atomic E-state index is 11.6. The molecule has 0 aliphatic rings. The molecule has 3 aromatic carbocycles. The second kappa shape index (κ2) is 6.38. The molecule has 118 valence electrons. The van der Waals surface area contributed by atoms with Gasteiger partial charge in [-0.2, -0.15) is 0 Å². The summed E-state index contributed by atoms with van der Waals surface area (Å²) in [4.78, 5) is 23.2. The molecular weight excluding hydrogens is 300 g/mol. The Morgan fingerprint density at radius 1 is 0.667 bits per heavy atom. The lowest BCUT2D eigenvalue weighted by molar-refractivity contribution is 0.109. The van der Waals surface area contributed by atoms with Gasteiger partial charge in [0.25, 0.3) is 0 Å². The maximum Gasteiger partial charge on any atom is 0.152 e. The molecule has 0 atom stereocenters. The van der Waals surface area contributed by atoms with Crippen LogP contribution in [0.5, 0.6) is 0 Å². The van der Waals surface area contributed by atoms with Crippen molar-refractivity contribution in [1.29, 1.82) is 0 Å². The van der Waals surface area contributed by atoms with Crippen LogP contribution < -0.4 is 11.5 Å². The number of hydrogen-bond donors (Lipinski definition) is 2. The Morgan fingerprint density at radius 2 is 1.25 bits per heavy atom. The Morgan fingerprint density at radius 3 is 1.83 bits per heavy atom. The highest BCUT2D eigenvalue weighted by molar-refractivity contribution is 6.05. The van der Waals surface area contributed by atoms with Gasteiger partial charge in [-0.1, -0.05) is 42.5 Å². The molecule has 0 saturated carbocycles. The smallest absolute Gasteiger partial charge is 0.152 e. The lowest BCUT2D eigenvalue weighted by Gasteiger charge is -2.15. The van der Waals surface area contributed by atoms with Crippen LogP contribution in [-0.2, 0) is 0 Å². The van der Waals surface area contributed by atoms with Crippen LogP contribution in [0.15, 0.2) is 60.7 Å². The standard InChI is InChI=1S/C20H16N2O2/c21-15-8-6-14(7-9-15)16-10-17(13-4-2-1-3-5-13)20(22)19(12-24)18(16)11-23/h1-12H,21-22H2. The molecule has 0 aliphatic heterocycles. The minimum Gasteiger partial charge on any atom is -0.399 e. The number of carbonyl (C=O) groups is 2. The Hall–Kier alpha value is -3.40. The van der Waals surface area contributed by atoms with Crippen molar-refractivity contribution in [2.45, 2.75) is 0 Å². The highest BCUT2D eigenvalue weighted by atomic mass is 16.1. The van der Waals surface area contributed by atoms with Gasteiger partial charge in [-0.15, -0.1) is 0 Å². The molecule has 0 spiro atoms. The van der Waals surface area contributed by atoms with E-state index in [4.69, 9.17) is 11.5 Å². The first-order valence-corrected chi connectivity index (χ1v) is 7.44. The first kappa shape index (κ1) is 15.5. The number of anilines is 2. The summed E-state index contributed by atoms with van der Waals surface area (Å²) in [5.41, 5.74) is 16.4. The molecular formula is C20H16N2O2. The zero-order chi connectivity index (χ0) is 17.1. The molecule has 0 amide bonds. The van der Waals surface area contributed by atoms with Crippen molar-refractivity contribution in [2.75, 3.05) is 11.5 Å². The van der Waals surface area contributed by atoms with Crippen molar-refractivity contribution in [1.82, 2.24) is 0 Å². The first-order chi connectivity index (χ1) is 11.7. The zero-order valence-electron chi connectivity index (χ0n) is 12.9. The van der Waals surface area contributed by atoms with E-state index in [1.165, 1.54) is 0 Å². The van der Waals surface area contributed by atoms with Gasteiger partial charge in [0.05, 0.1) is 5.69 Å². The van der Waals surface area contributed by atoms with Gasteiger partial charge >= 0.3 is 0 Å². The van der Waals surface area contributed by atoms with E-state index in [0.29, 0.717) is 29.5 Å². The molecule has 3 aromatic rings. The van der Waals surface area contributed by atoms with Gasteiger partial charge in [0.1, 0.15) is 0 Å². The third-order valence-electron chi connectivity index (χ3n) is 3.99. The molecule has 4 heteroatoms. The average molecular weight is 316 g/mol. The second-order valence-electron chi connectivity index (χ2n) is 5.44. The molecule has 0 aliphatic carbocycles. The number of nitrogens with two attached hydrogens (primary N) is 2. The fourth-order valence-corrected chi connectivity index (χ4v) is 2.75. The molecule has 3 rings (SSSR count). The second-order valence-corrected chi connectivity index (χ2v) is 5.44. The van der Waals surface area contributed by atoms with Crippen molar-refractivity contribution in [3.8, 4) is 22.3 Å². The van der Waals surface area contributed by atoms with Crippen LogP contribution in [0.3, 0.4) is 0 Å². The van der Waals surface area contributed by atoms with Crippen LogP contribution in [0.2, 0.25) is 0 Å². The van der Waals surface area contributed by atoms with Crippen LogP contribution in [-0.4, -0.2) is 12.6 Å². The SMILES string of the molecule is Nc1ccc(-c2cc(-c3ccccc3)c(N)c(C=O)c2C=O)cc1. The topological polar surface area (TPSA) is 86.2 Å². The number of hydrogen-bond acceptors (Lipinski definition) is 4. The Balaban J connectivity index is 2.33. The quantitative estimate of drug-likeness (QED) is 0.566. The maximum atomic E-state index is 11.6. The number of rotatable bonds is 4. The van der Waals surface area contributed by atoms with Crippen LogP contribution in [0.4, 0.5) is 11.4 Å². The highest BCUT2D eigenvalue weighted by Gasteiger charge is 2.17. The zero-order valence-corrected chi connectivity index (χ0v) is 12.9. The summed E-state index contributed by atoms with van der Waals surface area (Å²) in [6, 6.07) is 18.5. The molecule has 0 heterocycles. The molecule has 4 nitrogen and oxygen atoms in total. The molecule has 0 aromatic heterocycles. The van der Waals surface area contributed by atoms with Crippen molar-refractivity contribution in [3.05, 3.63) is 71.8 Å². The van der Waals surface area contributed by atoms with Gasteiger partial charge in [-0.25, -0.2) is 0 Å². The van der Waals surface area contributed by atoms with Gasteiger partial charge in [-0.3, -0.25) is 9.59 Å². The number of carbonyl (C=O) groups excluding carboxylic acids is 2. The van der Waals surface area contributed by atoms with Gasteiger partial charge in [0.2, 0.25) is 0 Å². The Kier molecular flexibility index (Phi) is 4.12. The van der Waals surface area contributed by atoms with Crippen molar-refractivity contribution in [3.63, 3.8) is 0 Å². The largest absolute Gasteiger partial charge is 0.399 e. The van der Waals surface area contributed by atoms with E-state index in [1.807, 2.05) is 48.5 Å². The van der Waals surface area contributed by atoms with Crippen LogP contribution in [0.1, 0.15) is 20.7 Å². The molecule has 24 heavy (non-hydrogen) atoms. The molecule has 0 radical (unpaired) electrons. The fourth-order valence-electron chi connectivity index (χ4n) is 2.75. The summed E-state index contributed by atoms with van der Waals surface area (Å²) in [5.74, 6) is 0. The number of benzene rings is 3. The van der Waals surface area contributed by atoms with Crippen molar-refractivity contribution >= 4 is 23.9 Å². The summed E-state index contributed by atoms with van der Waals surface area (Å²) >= 11 is 0. The Labute approximate surface area is 139 Å². The molecule has 0 saturated heterocycles. The van der Waals surface area contributed by atoms with E-state index in [-0.39, 0.29) is 11.1 Å². The predicted octanol–water partition coefficient (Wildman–Crippen LogP) is 3.81. The van der Waals surface area contributed by atoms with E-state index in [0.717, 1.165) is 16.7 Å². The minimum absolute atomic E-state index is 0.207. The monoisotopic (exact) mass is 316 g/mol. The molecule has 0 fully saturated rings. The van der Waals surface area contributed by atoms with Gasteiger partial charge in [0.15, 0.2) is 12.6 Å². The molecule has 0 unspecified atom stereocenters. The lowest BCUT2D eigenvalue weighted by atomic mass is 9.89. The summed E-state index contributed by atoms with van der Waals surface area (Å²) in [7, 11) is 0. The predicted molar refractivity (Wildman–Crippen MR) is 96.9 cm³/mol. The minimum atomic E-state index is 0.207. The first-order valence-electron chi connectivity index (χ1n) is 7.44. The van der Waals surface area contributed by atoms with Crippen LogP contribution in [0, 0.1) is 0 Å². The van der Waals surface area contributed by atoms with E-state index < -0.39 is 0 Å². The van der Waals surface area contributed by atoms with E-state index >= 15 is 0 Å². The third-order valence-corrected chi connectivity index (χ3v) is 3.99. The van der Waals surface area contributed by atoms with E-state index in [9.17, 15) is 9.59 Å². The number of aldehydes is 2. The third kappa shape index (κ3) is 2.65. The Bertz CT molecular complexity index is 901.